The highest BCUT2D eigenvalue weighted by atomic mass is 19.1. The van der Waals surface area contributed by atoms with Crippen molar-refractivity contribution in [2.24, 2.45) is 0 Å². The fraction of sp³-hybridized carbons (Fsp3) is 0.211. The van der Waals surface area contributed by atoms with Gasteiger partial charge >= 0.3 is 5.97 Å². The molecule has 0 saturated carbocycles. The molecule has 26 heavy (non-hydrogen) atoms. The molecule has 1 aliphatic heterocycles. The highest BCUT2D eigenvalue weighted by molar-refractivity contribution is 6.05. The molecule has 2 aromatic rings. The highest BCUT2D eigenvalue weighted by Gasteiger charge is 2.31. The zero-order valence-corrected chi connectivity index (χ0v) is 14.0. The van der Waals surface area contributed by atoms with Crippen molar-refractivity contribution in [3.63, 3.8) is 0 Å². The summed E-state index contributed by atoms with van der Waals surface area (Å²) < 4.78 is 18.3. The van der Waals surface area contributed by atoms with Gasteiger partial charge in [0.1, 0.15) is 5.82 Å². The van der Waals surface area contributed by atoms with Gasteiger partial charge in [-0.2, -0.15) is 0 Å². The van der Waals surface area contributed by atoms with E-state index in [0.717, 1.165) is 0 Å². The summed E-state index contributed by atoms with van der Waals surface area (Å²) in [6, 6.07) is 10.2. The van der Waals surface area contributed by atoms with E-state index in [1.807, 2.05) is 0 Å². The minimum atomic E-state index is -0.718. The minimum absolute atomic E-state index is 0.0224. The lowest BCUT2D eigenvalue weighted by Gasteiger charge is -2.24. The van der Waals surface area contributed by atoms with Crippen LogP contribution in [0.15, 0.2) is 42.5 Å². The van der Waals surface area contributed by atoms with Gasteiger partial charge in [0, 0.05) is 17.8 Å². The Bertz CT molecular complexity index is 864. The Kier molecular flexibility index (Phi) is 4.97. The van der Waals surface area contributed by atoms with E-state index in [-0.39, 0.29) is 24.8 Å². The Balaban J connectivity index is 1.76. The SMILES string of the molecule is CCOC(=O)c1ccc(NC(=O)[C@H]2CC(=O)Nc3cc(F)ccc32)cc1. The van der Waals surface area contributed by atoms with Gasteiger partial charge in [-0.25, -0.2) is 9.18 Å². The first kappa shape index (κ1) is 17.6. The molecule has 0 unspecified atom stereocenters. The number of amides is 2. The molecule has 1 atom stereocenters. The molecule has 6 nitrogen and oxygen atoms in total. The van der Waals surface area contributed by atoms with Crippen LogP contribution in [0.2, 0.25) is 0 Å². The monoisotopic (exact) mass is 356 g/mol. The normalized spacial score (nSPS) is 15.6. The van der Waals surface area contributed by atoms with Crippen molar-refractivity contribution in [3.05, 3.63) is 59.4 Å². The molecule has 1 aliphatic rings. The second-order valence-corrected chi connectivity index (χ2v) is 5.82. The number of fused-ring (bicyclic) bond motifs is 1. The highest BCUT2D eigenvalue weighted by Crippen LogP contribution is 2.33. The van der Waals surface area contributed by atoms with Crippen molar-refractivity contribution in [1.82, 2.24) is 0 Å². The first-order chi connectivity index (χ1) is 12.5. The van der Waals surface area contributed by atoms with E-state index in [2.05, 4.69) is 10.6 Å². The van der Waals surface area contributed by atoms with Gasteiger partial charge in [0.25, 0.3) is 0 Å². The van der Waals surface area contributed by atoms with Gasteiger partial charge < -0.3 is 15.4 Å². The topological polar surface area (TPSA) is 84.5 Å². The van der Waals surface area contributed by atoms with E-state index in [1.54, 1.807) is 31.2 Å². The van der Waals surface area contributed by atoms with Crippen molar-refractivity contribution >= 4 is 29.2 Å². The Hall–Kier alpha value is -3.22. The molecule has 134 valence electrons. The molecule has 2 amide bonds. The molecular weight excluding hydrogens is 339 g/mol. The number of hydrogen-bond acceptors (Lipinski definition) is 4. The van der Waals surface area contributed by atoms with Crippen molar-refractivity contribution in [1.29, 1.82) is 0 Å². The summed E-state index contributed by atoms with van der Waals surface area (Å²) in [7, 11) is 0. The van der Waals surface area contributed by atoms with Crippen molar-refractivity contribution in [2.75, 3.05) is 17.2 Å². The zero-order valence-electron chi connectivity index (χ0n) is 14.0. The van der Waals surface area contributed by atoms with Crippen LogP contribution >= 0.6 is 0 Å². The molecule has 1 heterocycles. The third-order valence-electron chi connectivity index (χ3n) is 4.03. The minimum Gasteiger partial charge on any atom is -0.462 e. The predicted octanol–water partition coefficient (Wildman–Crippen LogP) is 3.07. The molecule has 0 aromatic heterocycles. The molecule has 0 spiro atoms. The molecule has 2 N–H and O–H groups in total. The molecular formula is C19H17FN2O4. The van der Waals surface area contributed by atoms with Crippen LogP contribution in [-0.2, 0) is 14.3 Å². The molecule has 0 bridgehead atoms. The number of carbonyl (C=O) groups is 3. The number of anilines is 2. The first-order valence-corrected chi connectivity index (χ1v) is 8.15. The lowest BCUT2D eigenvalue weighted by atomic mass is 9.89. The second kappa shape index (κ2) is 7.35. The molecule has 0 aliphatic carbocycles. The molecule has 0 saturated heterocycles. The summed E-state index contributed by atoms with van der Waals surface area (Å²) in [5.74, 6) is -2.37. The van der Waals surface area contributed by atoms with E-state index in [0.29, 0.717) is 22.5 Å². The van der Waals surface area contributed by atoms with Crippen molar-refractivity contribution in [3.8, 4) is 0 Å². The average Bonchev–Trinajstić information content (AvgIpc) is 2.61. The number of hydrogen-bond donors (Lipinski definition) is 2. The largest absolute Gasteiger partial charge is 0.462 e. The van der Waals surface area contributed by atoms with Crippen LogP contribution in [0.25, 0.3) is 0 Å². The third kappa shape index (κ3) is 3.72. The van der Waals surface area contributed by atoms with Crippen molar-refractivity contribution < 1.29 is 23.5 Å². The number of nitrogens with one attached hydrogen (secondary N) is 2. The zero-order chi connectivity index (χ0) is 18.7. The number of rotatable bonds is 4. The summed E-state index contributed by atoms with van der Waals surface area (Å²) in [4.78, 5) is 36.1. The van der Waals surface area contributed by atoms with Gasteiger partial charge in [-0.3, -0.25) is 9.59 Å². The van der Waals surface area contributed by atoms with E-state index < -0.39 is 17.7 Å². The van der Waals surface area contributed by atoms with Gasteiger partial charge in [-0.15, -0.1) is 0 Å². The Morgan fingerprint density at radius 2 is 1.96 bits per heavy atom. The Morgan fingerprint density at radius 1 is 1.23 bits per heavy atom. The quantitative estimate of drug-likeness (QED) is 0.825. The predicted molar refractivity (Wildman–Crippen MR) is 93.4 cm³/mol. The van der Waals surface area contributed by atoms with Crippen molar-refractivity contribution in [2.45, 2.75) is 19.3 Å². The lowest BCUT2D eigenvalue weighted by Crippen LogP contribution is -2.30. The van der Waals surface area contributed by atoms with Crippen LogP contribution in [0.3, 0.4) is 0 Å². The van der Waals surface area contributed by atoms with Crippen LogP contribution in [0.5, 0.6) is 0 Å². The number of carbonyl (C=O) groups excluding carboxylic acids is 3. The van der Waals surface area contributed by atoms with Crippen LogP contribution < -0.4 is 10.6 Å². The fourth-order valence-corrected chi connectivity index (χ4v) is 2.80. The van der Waals surface area contributed by atoms with Gasteiger partial charge in [0.05, 0.1) is 18.1 Å². The van der Waals surface area contributed by atoms with Crippen LogP contribution in [0.4, 0.5) is 15.8 Å². The van der Waals surface area contributed by atoms with Gasteiger partial charge in [0.2, 0.25) is 11.8 Å². The van der Waals surface area contributed by atoms with E-state index in [9.17, 15) is 18.8 Å². The Labute approximate surface area is 149 Å². The van der Waals surface area contributed by atoms with Gasteiger partial charge in [-0.05, 0) is 48.9 Å². The maximum Gasteiger partial charge on any atom is 0.338 e. The number of esters is 1. The molecule has 0 fully saturated rings. The van der Waals surface area contributed by atoms with Gasteiger partial charge in [-0.1, -0.05) is 6.07 Å². The number of halogens is 1. The molecule has 0 radical (unpaired) electrons. The second-order valence-electron chi connectivity index (χ2n) is 5.82. The van der Waals surface area contributed by atoms with Crippen LogP contribution in [0, 0.1) is 5.82 Å². The number of ether oxygens (including phenoxy) is 1. The summed E-state index contributed by atoms with van der Waals surface area (Å²) in [6.45, 7) is 2.00. The molecule has 3 rings (SSSR count). The van der Waals surface area contributed by atoms with E-state index in [1.165, 1.54) is 18.2 Å². The average molecular weight is 356 g/mol. The van der Waals surface area contributed by atoms with Crippen LogP contribution in [0.1, 0.15) is 35.2 Å². The Morgan fingerprint density at radius 3 is 2.65 bits per heavy atom. The standard InChI is InChI=1S/C19H17FN2O4/c1-2-26-19(25)11-3-6-13(7-4-11)21-18(24)15-10-17(23)22-16-9-12(20)5-8-14(15)16/h3-9,15H,2,10H2,1H3,(H,21,24)(H,22,23)/t15-/m0/s1. The van der Waals surface area contributed by atoms with Gasteiger partial charge in [0.15, 0.2) is 0 Å². The maximum atomic E-state index is 13.4. The molecule has 2 aromatic carbocycles. The molecule has 7 heteroatoms. The lowest BCUT2D eigenvalue weighted by molar-refractivity contribution is -0.123. The van der Waals surface area contributed by atoms with E-state index >= 15 is 0 Å². The first-order valence-electron chi connectivity index (χ1n) is 8.15. The number of benzene rings is 2. The summed E-state index contributed by atoms with van der Waals surface area (Å²) in [5.41, 5.74) is 1.73. The smallest absolute Gasteiger partial charge is 0.338 e. The third-order valence-corrected chi connectivity index (χ3v) is 4.03. The fourth-order valence-electron chi connectivity index (χ4n) is 2.80. The summed E-state index contributed by atoms with van der Waals surface area (Å²) in [6.07, 6.45) is -0.0224. The maximum absolute atomic E-state index is 13.4. The van der Waals surface area contributed by atoms with E-state index in [4.69, 9.17) is 4.74 Å². The van der Waals surface area contributed by atoms with Crippen LogP contribution in [-0.4, -0.2) is 24.4 Å². The summed E-state index contributed by atoms with van der Waals surface area (Å²) >= 11 is 0. The summed E-state index contributed by atoms with van der Waals surface area (Å²) in [5, 5.41) is 5.29.